The average molecular weight is 369 g/mol. The summed E-state index contributed by atoms with van der Waals surface area (Å²) >= 11 is 6.00. The number of amides is 1. The first-order valence-corrected chi connectivity index (χ1v) is 9.34. The van der Waals surface area contributed by atoms with E-state index in [2.05, 4.69) is 9.82 Å². The minimum atomic E-state index is -3.77. The van der Waals surface area contributed by atoms with E-state index in [4.69, 9.17) is 17.3 Å². The number of benzene rings is 1. The third-order valence-corrected chi connectivity index (χ3v) is 5.85. The monoisotopic (exact) mass is 368 g/mol. The highest BCUT2D eigenvalue weighted by Crippen LogP contribution is 2.31. The Kier molecular flexibility index (Phi) is 4.62. The molecular weight excluding hydrogens is 352 g/mol. The fourth-order valence-corrected chi connectivity index (χ4v) is 4.62. The van der Waals surface area contributed by atoms with Crippen LogP contribution in [0.15, 0.2) is 35.4 Å². The van der Waals surface area contributed by atoms with Crippen LogP contribution in [0.1, 0.15) is 30.1 Å². The lowest BCUT2D eigenvalue weighted by Crippen LogP contribution is -2.31. The van der Waals surface area contributed by atoms with Crippen molar-refractivity contribution in [3.63, 3.8) is 0 Å². The minimum Gasteiger partial charge on any atom is -0.368 e. The van der Waals surface area contributed by atoms with Crippen LogP contribution in [0, 0.1) is 0 Å². The molecule has 1 amide bonds. The maximum absolute atomic E-state index is 12.6. The van der Waals surface area contributed by atoms with Crippen LogP contribution in [0.5, 0.6) is 0 Å². The molecule has 1 aromatic carbocycles. The molecule has 0 saturated heterocycles. The molecule has 1 aliphatic carbocycles. The van der Waals surface area contributed by atoms with Crippen LogP contribution in [-0.4, -0.2) is 24.1 Å². The molecule has 1 unspecified atom stereocenters. The van der Waals surface area contributed by atoms with Crippen LogP contribution < -0.4 is 10.5 Å². The predicted octanol–water partition coefficient (Wildman–Crippen LogP) is 1.38. The standard InChI is InChI=1S/C15H17ClN4O3S/c16-11-5-1-2-7-13(11)24(22,23)19-12-6-3-4-10-8-20(9-14(17)21)18-15(10)12/h1-2,5,7-8,12,19H,3-4,6,9H2,(H2,17,21). The molecule has 1 aromatic heterocycles. The van der Waals surface area contributed by atoms with Crippen LogP contribution >= 0.6 is 11.6 Å². The van der Waals surface area contributed by atoms with Gasteiger partial charge in [0.05, 0.1) is 16.8 Å². The van der Waals surface area contributed by atoms with E-state index >= 15 is 0 Å². The Bertz CT molecular complexity index is 879. The Labute approximate surface area is 144 Å². The molecule has 0 aliphatic heterocycles. The van der Waals surface area contributed by atoms with Gasteiger partial charge in [-0.05, 0) is 37.0 Å². The lowest BCUT2D eigenvalue weighted by Gasteiger charge is -2.22. The van der Waals surface area contributed by atoms with Gasteiger partial charge in [-0.1, -0.05) is 23.7 Å². The van der Waals surface area contributed by atoms with Gasteiger partial charge in [0, 0.05) is 6.20 Å². The largest absolute Gasteiger partial charge is 0.368 e. The first-order chi connectivity index (χ1) is 11.4. The van der Waals surface area contributed by atoms with Gasteiger partial charge in [-0.2, -0.15) is 5.10 Å². The van der Waals surface area contributed by atoms with Crippen molar-refractivity contribution in [2.24, 2.45) is 5.73 Å². The Morgan fingerprint density at radius 3 is 2.88 bits per heavy atom. The number of aryl methyl sites for hydroxylation is 1. The Hall–Kier alpha value is -1.90. The van der Waals surface area contributed by atoms with Crippen LogP contribution in [0.25, 0.3) is 0 Å². The summed E-state index contributed by atoms with van der Waals surface area (Å²) in [4.78, 5) is 11.1. The quantitative estimate of drug-likeness (QED) is 0.831. The van der Waals surface area contributed by atoms with Gasteiger partial charge in [0.2, 0.25) is 15.9 Å². The molecule has 9 heteroatoms. The third-order valence-electron chi connectivity index (χ3n) is 3.88. The van der Waals surface area contributed by atoms with Crippen molar-refractivity contribution in [3.8, 4) is 0 Å². The van der Waals surface area contributed by atoms with E-state index in [1.165, 1.54) is 16.8 Å². The van der Waals surface area contributed by atoms with Crippen LogP contribution in [0.3, 0.4) is 0 Å². The smallest absolute Gasteiger partial charge is 0.242 e. The lowest BCUT2D eigenvalue weighted by molar-refractivity contribution is -0.118. The molecule has 0 spiro atoms. The van der Waals surface area contributed by atoms with Crippen molar-refractivity contribution in [1.82, 2.24) is 14.5 Å². The molecule has 24 heavy (non-hydrogen) atoms. The highest BCUT2D eigenvalue weighted by atomic mass is 35.5. The SMILES string of the molecule is NC(=O)Cn1cc2c(n1)C(NS(=O)(=O)c1ccccc1Cl)CCC2. The van der Waals surface area contributed by atoms with E-state index in [0.717, 1.165) is 18.4 Å². The Balaban J connectivity index is 1.88. The highest BCUT2D eigenvalue weighted by Gasteiger charge is 2.29. The van der Waals surface area contributed by atoms with E-state index in [9.17, 15) is 13.2 Å². The van der Waals surface area contributed by atoms with Crippen molar-refractivity contribution >= 4 is 27.5 Å². The summed E-state index contributed by atoms with van der Waals surface area (Å²) in [6, 6.07) is 5.83. The first-order valence-electron chi connectivity index (χ1n) is 7.48. The molecule has 128 valence electrons. The van der Waals surface area contributed by atoms with Crippen LogP contribution in [0.2, 0.25) is 5.02 Å². The first kappa shape index (κ1) is 16.9. The van der Waals surface area contributed by atoms with E-state index in [-0.39, 0.29) is 16.5 Å². The average Bonchev–Trinajstić information content (AvgIpc) is 2.90. The van der Waals surface area contributed by atoms with Gasteiger partial charge >= 0.3 is 0 Å². The second-order valence-corrected chi connectivity index (χ2v) is 7.79. The van der Waals surface area contributed by atoms with Crippen molar-refractivity contribution in [2.75, 3.05) is 0 Å². The van der Waals surface area contributed by atoms with Crippen molar-refractivity contribution in [3.05, 3.63) is 46.7 Å². The van der Waals surface area contributed by atoms with Crippen LogP contribution in [0.4, 0.5) is 0 Å². The maximum Gasteiger partial charge on any atom is 0.242 e. The normalized spacial score (nSPS) is 17.5. The topological polar surface area (TPSA) is 107 Å². The van der Waals surface area contributed by atoms with Gasteiger partial charge in [0.1, 0.15) is 11.4 Å². The molecule has 0 bridgehead atoms. The lowest BCUT2D eigenvalue weighted by atomic mass is 9.94. The van der Waals surface area contributed by atoms with E-state index in [1.807, 2.05) is 0 Å². The number of rotatable bonds is 5. The fourth-order valence-electron chi connectivity index (χ4n) is 2.87. The number of nitrogens with one attached hydrogen (secondary N) is 1. The summed E-state index contributed by atoms with van der Waals surface area (Å²) in [5.41, 5.74) is 6.75. The number of nitrogens with two attached hydrogens (primary N) is 1. The van der Waals surface area contributed by atoms with Crippen molar-refractivity contribution < 1.29 is 13.2 Å². The van der Waals surface area contributed by atoms with Gasteiger partial charge in [-0.15, -0.1) is 0 Å². The van der Waals surface area contributed by atoms with Gasteiger partial charge in [-0.3, -0.25) is 9.48 Å². The molecule has 0 radical (unpaired) electrons. The fraction of sp³-hybridized carbons (Fsp3) is 0.333. The molecule has 3 rings (SSSR count). The Morgan fingerprint density at radius 2 is 2.17 bits per heavy atom. The van der Waals surface area contributed by atoms with Gasteiger partial charge in [-0.25, -0.2) is 13.1 Å². The number of nitrogens with zero attached hydrogens (tertiary/aromatic N) is 2. The number of sulfonamides is 1. The molecule has 2 aromatic rings. The second kappa shape index (κ2) is 6.54. The third kappa shape index (κ3) is 3.45. The van der Waals surface area contributed by atoms with Crippen molar-refractivity contribution in [1.29, 1.82) is 0 Å². The molecule has 7 nitrogen and oxygen atoms in total. The zero-order chi connectivity index (χ0) is 17.3. The molecule has 1 aliphatic rings. The Morgan fingerprint density at radius 1 is 1.42 bits per heavy atom. The number of primary amides is 1. The van der Waals surface area contributed by atoms with Gasteiger partial charge < -0.3 is 5.73 Å². The summed E-state index contributed by atoms with van der Waals surface area (Å²) in [6.07, 6.45) is 3.99. The number of carbonyl (C=O) groups excluding carboxylic acids is 1. The summed E-state index contributed by atoms with van der Waals surface area (Å²) in [5, 5.41) is 4.50. The van der Waals surface area contributed by atoms with E-state index in [1.54, 1.807) is 18.3 Å². The number of carbonyl (C=O) groups is 1. The predicted molar refractivity (Wildman–Crippen MR) is 88.9 cm³/mol. The second-order valence-electron chi connectivity index (χ2n) is 5.70. The molecule has 1 heterocycles. The summed E-state index contributed by atoms with van der Waals surface area (Å²) in [6.45, 7) is -0.0308. The zero-order valence-corrected chi connectivity index (χ0v) is 14.3. The highest BCUT2D eigenvalue weighted by molar-refractivity contribution is 7.89. The number of fused-ring (bicyclic) bond motifs is 1. The number of hydrogen-bond acceptors (Lipinski definition) is 4. The number of aromatic nitrogens is 2. The molecule has 0 saturated carbocycles. The maximum atomic E-state index is 12.6. The minimum absolute atomic E-state index is 0.0308. The van der Waals surface area contributed by atoms with Crippen molar-refractivity contribution in [2.45, 2.75) is 36.7 Å². The summed E-state index contributed by atoms with van der Waals surface area (Å²) < 4.78 is 29.3. The van der Waals surface area contributed by atoms with Crippen LogP contribution in [-0.2, 0) is 27.8 Å². The van der Waals surface area contributed by atoms with Gasteiger partial charge in [0.15, 0.2) is 0 Å². The molecule has 1 atom stereocenters. The summed E-state index contributed by atoms with van der Waals surface area (Å²) in [7, 11) is -3.77. The van der Waals surface area contributed by atoms with Gasteiger partial charge in [0.25, 0.3) is 0 Å². The zero-order valence-electron chi connectivity index (χ0n) is 12.8. The van der Waals surface area contributed by atoms with E-state index in [0.29, 0.717) is 12.1 Å². The number of halogens is 1. The number of hydrogen-bond donors (Lipinski definition) is 2. The van der Waals surface area contributed by atoms with E-state index < -0.39 is 22.0 Å². The summed E-state index contributed by atoms with van der Waals surface area (Å²) in [5.74, 6) is -0.497. The molecule has 0 fully saturated rings. The molecule has 3 N–H and O–H groups in total. The molecular formula is C15H17ClN4O3S.